The molecule has 0 aromatic heterocycles. The molecule has 0 radical (unpaired) electrons. The first-order chi connectivity index (χ1) is 8.54. The fourth-order valence-electron chi connectivity index (χ4n) is 4.01. The molecule has 0 amide bonds. The number of nitrogens with one attached hydrogen (secondary N) is 1. The molecule has 4 heterocycles. The van der Waals surface area contributed by atoms with Gasteiger partial charge in [-0.3, -0.25) is 4.90 Å². The molecule has 0 saturated carbocycles. The molecule has 3 heteroatoms. The molecule has 4 aliphatic rings. The zero-order valence-electron chi connectivity index (χ0n) is 12.3. The number of likely N-dealkylation sites (tertiary alicyclic amines) is 1. The third-order valence-electron chi connectivity index (χ3n) is 5.34. The molecule has 0 aromatic rings. The molecule has 2 atom stereocenters. The summed E-state index contributed by atoms with van der Waals surface area (Å²) in [6.07, 6.45) is 4.18. The van der Waals surface area contributed by atoms with E-state index < -0.39 is 0 Å². The molecule has 4 fully saturated rings. The highest BCUT2D eigenvalue weighted by atomic mass is 15.3. The fraction of sp³-hybridized carbons (Fsp3) is 1.00. The van der Waals surface area contributed by atoms with E-state index in [0.717, 1.165) is 18.1 Å². The number of piperidine rings is 2. The summed E-state index contributed by atoms with van der Waals surface area (Å²) < 4.78 is 0. The third-order valence-corrected chi connectivity index (χ3v) is 5.34. The Labute approximate surface area is 112 Å². The minimum atomic E-state index is 0.565. The number of nitrogens with zero attached hydrogens (tertiary/aromatic N) is 2. The molecule has 1 N–H and O–H groups in total. The van der Waals surface area contributed by atoms with Crippen LogP contribution in [0.15, 0.2) is 0 Å². The number of fused-ring (bicyclic) bond motifs is 2. The highest BCUT2D eigenvalue weighted by molar-refractivity contribution is 4.99. The van der Waals surface area contributed by atoms with Gasteiger partial charge in [-0.25, -0.2) is 0 Å². The summed E-state index contributed by atoms with van der Waals surface area (Å²) in [5.74, 6) is 0. The Bertz CT molecular complexity index is 278. The van der Waals surface area contributed by atoms with Gasteiger partial charge in [-0.05, 0) is 51.6 Å². The average Bonchev–Trinajstić information content (AvgIpc) is 2.27. The molecule has 4 aliphatic heterocycles. The van der Waals surface area contributed by atoms with Gasteiger partial charge in [0, 0.05) is 37.8 Å². The molecule has 18 heavy (non-hydrogen) atoms. The number of piperazine rings is 1. The Morgan fingerprint density at radius 2 is 1.72 bits per heavy atom. The SMILES string of the molecule is CC(C)N1CCC(C)(CN2CC3CC(C2)N3)CC1. The van der Waals surface area contributed by atoms with E-state index in [0.29, 0.717) is 5.41 Å². The molecule has 104 valence electrons. The monoisotopic (exact) mass is 251 g/mol. The molecule has 4 saturated heterocycles. The lowest BCUT2D eigenvalue weighted by Crippen LogP contribution is -2.67. The first-order valence-corrected chi connectivity index (χ1v) is 7.77. The van der Waals surface area contributed by atoms with Crippen molar-refractivity contribution in [3.05, 3.63) is 0 Å². The average molecular weight is 251 g/mol. The highest BCUT2D eigenvalue weighted by Gasteiger charge is 2.39. The van der Waals surface area contributed by atoms with Crippen LogP contribution in [0.1, 0.15) is 40.0 Å². The maximum atomic E-state index is 3.63. The van der Waals surface area contributed by atoms with Gasteiger partial charge in [0.1, 0.15) is 0 Å². The van der Waals surface area contributed by atoms with Crippen LogP contribution in [0.2, 0.25) is 0 Å². The van der Waals surface area contributed by atoms with Crippen molar-refractivity contribution in [3.63, 3.8) is 0 Å². The Morgan fingerprint density at radius 1 is 1.17 bits per heavy atom. The van der Waals surface area contributed by atoms with Gasteiger partial charge >= 0.3 is 0 Å². The summed E-state index contributed by atoms with van der Waals surface area (Å²) in [5, 5.41) is 3.63. The molecular formula is C15H29N3. The van der Waals surface area contributed by atoms with Crippen LogP contribution in [0.3, 0.4) is 0 Å². The molecule has 3 nitrogen and oxygen atoms in total. The smallest absolute Gasteiger partial charge is 0.0213 e. The van der Waals surface area contributed by atoms with Crippen molar-refractivity contribution >= 4 is 0 Å². The summed E-state index contributed by atoms with van der Waals surface area (Å²) in [5.41, 5.74) is 0.565. The Morgan fingerprint density at radius 3 is 2.22 bits per heavy atom. The second-order valence-electron chi connectivity index (χ2n) is 7.43. The molecule has 0 aliphatic carbocycles. The molecule has 2 unspecified atom stereocenters. The predicted molar refractivity (Wildman–Crippen MR) is 75.8 cm³/mol. The van der Waals surface area contributed by atoms with Gasteiger partial charge in [0.2, 0.25) is 0 Å². The van der Waals surface area contributed by atoms with Gasteiger partial charge in [0.15, 0.2) is 0 Å². The zero-order valence-corrected chi connectivity index (χ0v) is 12.3. The van der Waals surface area contributed by atoms with Crippen LogP contribution in [-0.2, 0) is 0 Å². The van der Waals surface area contributed by atoms with Crippen molar-refractivity contribution in [1.29, 1.82) is 0 Å². The Hall–Kier alpha value is -0.120. The molecule has 4 rings (SSSR count). The first-order valence-electron chi connectivity index (χ1n) is 7.77. The largest absolute Gasteiger partial charge is 0.309 e. The minimum absolute atomic E-state index is 0.565. The van der Waals surface area contributed by atoms with Crippen LogP contribution in [0, 0.1) is 5.41 Å². The van der Waals surface area contributed by atoms with Gasteiger partial charge in [-0.1, -0.05) is 6.92 Å². The van der Waals surface area contributed by atoms with E-state index in [1.54, 1.807) is 0 Å². The second-order valence-corrected chi connectivity index (χ2v) is 7.43. The van der Waals surface area contributed by atoms with E-state index in [1.807, 2.05) is 0 Å². The highest BCUT2D eigenvalue weighted by Crippen LogP contribution is 2.34. The van der Waals surface area contributed by atoms with Crippen molar-refractivity contribution in [1.82, 2.24) is 15.1 Å². The summed E-state index contributed by atoms with van der Waals surface area (Å²) in [7, 11) is 0. The van der Waals surface area contributed by atoms with E-state index in [1.165, 1.54) is 52.0 Å². The van der Waals surface area contributed by atoms with Gasteiger partial charge in [0.25, 0.3) is 0 Å². The van der Waals surface area contributed by atoms with Gasteiger partial charge < -0.3 is 10.2 Å². The van der Waals surface area contributed by atoms with Gasteiger partial charge in [-0.15, -0.1) is 0 Å². The van der Waals surface area contributed by atoms with Crippen LogP contribution in [0.25, 0.3) is 0 Å². The maximum Gasteiger partial charge on any atom is 0.0213 e. The van der Waals surface area contributed by atoms with Gasteiger partial charge in [0.05, 0.1) is 0 Å². The van der Waals surface area contributed by atoms with E-state index in [2.05, 4.69) is 35.9 Å². The van der Waals surface area contributed by atoms with Crippen molar-refractivity contribution in [3.8, 4) is 0 Å². The lowest BCUT2D eigenvalue weighted by atomic mass is 9.78. The standard InChI is InChI=1S/C15H29N3/c1-12(2)18-6-4-15(3,5-7-18)11-17-9-13-8-14(10-17)16-13/h12-14,16H,4-11H2,1-3H3. The zero-order chi connectivity index (χ0) is 12.8. The number of hydrogen-bond acceptors (Lipinski definition) is 3. The van der Waals surface area contributed by atoms with E-state index in [4.69, 9.17) is 0 Å². The van der Waals surface area contributed by atoms with E-state index in [-0.39, 0.29) is 0 Å². The van der Waals surface area contributed by atoms with Crippen LogP contribution in [-0.4, -0.2) is 60.6 Å². The first kappa shape index (κ1) is 12.9. The fourth-order valence-corrected chi connectivity index (χ4v) is 4.01. The van der Waals surface area contributed by atoms with Crippen molar-refractivity contribution in [2.24, 2.45) is 5.41 Å². The van der Waals surface area contributed by atoms with Crippen molar-refractivity contribution in [2.75, 3.05) is 32.7 Å². The number of rotatable bonds is 3. The molecule has 0 spiro atoms. The maximum absolute atomic E-state index is 3.63. The molecule has 2 bridgehead atoms. The van der Waals surface area contributed by atoms with Gasteiger partial charge in [-0.2, -0.15) is 0 Å². The van der Waals surface area contributed by atoms with Crippen molar-refractivity contribution in [2.45, 2.75) is 58.2 Å². The normalized spacial score (nSPS) is 36.7. The summed E-state index contributed by atoms with van der Waals surface area (Å²) in [4.78, 5) is 5.36. The van der Waals surface area contributed by atoms with Crippen molar-refractivity contribution < 1.29 is 0 Å². The molecular weight excluding hydrogens is 222 g/mol. The Balaban J connectivity index is 1.50. The van der Waals surface area contributed by atoms with E-state index in [9.17, 15) is 0 Å². The minimum Gasteiger partial charge on any atom is -0.309 e. The topological polar surface area (TPSA) is 18.5 Å². The van der Waals surface area contributed by atoms with E-state index >= 15 is 0 Å². The van der Waals surface area contributed by atoms with Crippen LogP contribution in [0.4, 0.5) is 0 Å². The quantitative estimate of drug-likeness (QED) is 0.821. The lowest BCUT2D eigenvalue weighted by molar-refractivity contribution is 0.0159. The summed E-state index contributed by atoms with van der Waals surface area (Å²) >= 11 is 0. The predicted octanol–water partition coefficient (Wildman–Crippen LogP) is 1.54. The summed E-state index contributed by atoms with van der Waals surface area (Å²) in [6.45, 7) is 13.7. The Kier molecular flexibility index (Phi) is 3.41. The molecule has 0 aromatic carbocycles. The third kappa shape index (κ3) is 2.59. The summed E-state index contributed by atoms with van der Waals surface area (Å²) in [6, 6.07) is 2.34. The second kappa shape index (κ2) is 4.77. The van der Waals surface area contributed by atoms with Crippen LogP contribution < -0.4 is 5.32 Å². The van der Waals surface area contributed by atoms with Crippen LogP contribution in [0.5, 0.6) is 0 Å². The van der Waals surface area contributed by atoms with Crippen LogP contribution >= 0.6 is 0 Å². The number of hydrogen-bond donors (Lipinski definition) is 1. The lowest BCUT2D eigenvalue weighted by Gasteiger charge is -2.51.